The van der Waals surface area contributed by atoms with Crippen molar-refractivity contribution in [2.24, 2.45) is 12.8 Å². The first-order valence-electron chi connectivity index (χ1n) is 12.6. The Hall–Kier alpha value is -5.10. The topological polar surface area (TPSA) is 184 Å². The fourth-order valence-electron chi connectivity index (χ4n) is 4.55. The van der Waals surface area contributed by atoms with Gasteiger partial charge in [-0.05, 0) is 61.5 Å². The van der Waals surface area contributed by atoms with E-state index in [0.29, 0.717) is 16.3 Å². The van der Waals surface area contributed by atoms with Gasteiger partial charge in [-0.15, -0.1) is 0 Å². The minimum absolute atomic E-state index is 0.0482. The van der Waals surface area contributed by atoms with Crippen molar-refractivity contribution < 1.29 is 19.4 Å². The molecule has 0 aliphatic rings. The van der Waals surface area contributed by atoms with Gasteiger partial charge in [-0.2, -0.15) is 0 Å². The van der Waals surface area contributed by atoms with Crippen molar-refractivity contribution in [1.29, 1.82) is 5.41 Å². The van der Waals surface area contributed by atoms with Crippen LogP contribution in [0.15, 0.2) is 54.6 Å². The summed E-state index contributed by atoms with van der Waals surface area (Å²) < 4.78 is 7.48. The van der Waals surface area contributed by atoms with Crippen molar-refractivity contribution in [1.82, 2.24) is 24.8 Å². The SMILES string of the molecule is CC(c1nc2cc(NC(=N)N)ccc2[nH]1)c1nc2ccc(C(=O)NCCOc3ccc(Cl)cc3C(=O)O)cc2n1C. The van der Waals surface area contributed by atoms with E-state index in [9.17, 15) is 14.7 Å². The number of aromatic nitrogens is 4. The molecule has 2 heterocycles. The van der Waals surface area contributed by atoms with E-state index in [0.717, 1.165) is 33.7 Å². The van der Waals surface area contributed by atoms with Gasteiger partial charge >= 0.3 is 5.97 Å². The van der Waals surface area contributed by atoms with Gasteiger partial charge in [-0.3, -0.25) is 10.2 Å². The number of imidazole rings is 2. The summed E-state index contributed by atoms with van der Waals surface area (Å²) in [5.74, 6) is -0.114. The second-order valence-electron chi connectivity index (χ2n) is 9.40. The number of carbonyl (C=O) groups excluding carboxylic acids is 1. The van der Waals surface area contributed by atoms with Gasteiger partial charge < -0.3 is 35.8 Å². The van der Waals surface area contributed by atoms with Gasteiger partial charge in [0.05, 0.1) is 34.5 Å². The number of hydrogen-bond donors (Lipinski definition) is 6. The van der Waals surface area contributed by atoms with E-state index in [1.165, 1.54) is 12.1 Å². The summed E-state index contributed by atoms with van der Waals surface area (Å²) in [5.41, 5.74) is 9.61. The molecule has 5 aromatic rings. The van der Waals surface area contributed by atoms with Gasteiger partial charge in [0.2, 0.25) is 0 Å². The van der Waals surface area contributed by atoms with Crippen LogP contribution in [0.5, 0.6) is 5.75 Å². The van der Waals surface area contributed by atoms with Crippen molar-refractivity contribution >= 4 is 57.2 Å². The zero-order chi connectivity index (χ0) is 29.3. The minimum Gasteiger partial charge on any atom is -0.491 e. The molecule has 41 heavy (non-hydrogen) atoms. The maximum atomic E-state index is 12.8. The number of aryl methyl sites for hydroxylation is 1. The number of anilines is 1. The lowest BCUT2D eigenvalue weighted by molar-refractivity contribution is 0.0691. The average molecular weight is 575 g/mol. The molecule has 0 aliphatic heterocycles. The zero-order valence-electron chi connectivity index (χ0n) is 22.2. The molecule has 0 aliphatic carbocycles. The van der Waals surface area contributed by atoms with Crippen molar-refractivity contribution in [3.05, 3.63) is 82.4 Å². The number of aromatic carboxylic acids is 1. The molecule has 0 fully saturated rings. The van der Waals surface area contributed by atoms with Crippen LogP contribution >= 0.6 is 11.6 Å². The predicted molar refractivity (Wildman–Crippen MR) is 156 cm³/mol. The predicted octanol–water partition coefficient (Wildman–Crippen LogP) is 4.07. The lowest BCUT2D eigenvalue weighted by Gasteiger charge is -2.11. The number of fused-ring (bicyclic) bond motifs is 2. The minimum atomic E-state index is -1.15. The Morgan fingerprint density at radius 2 is 1.95 bits per heavy atom. The van der Waals surface area contributed by atoms with E-state index < -0.39 is 5.97 Å². The number of halogens is 1. The third-order valence-electron chi connectivity index (χ3n) is 6.57. The molecule has 1 unspecified atom stereocenters. The number of guanidine groups is 1. The van der Waals surface area contributed by atoms with Crippen LogP contribution in [-0.4, -0.2) is 55.6 Å². The number of H-pyrrole nitrogens is 1. The van der Waals surface area contributed by atoms with Gasteiger partial charge in [0.25, 0.3) is 5.91 Å². The molecule has 0 spiro atoms. The Labute approximate surface area is 239 Å². The van der Waals surface area contributed by atoms with Crippen LogP contribution in [0.3, 0.4) is 0 Å². The second-order valence-corrected chi connectivity index (χ2v) is 9.83. The van der Waals surface area contributed by atoms with E-state index in [-0.39, 0.29) is 42.2 Å². The molecular formula is C28H27ClN8O4. The first kappa shape index (κ1) is 27.5. The number of nitrogens with one attached hydrogen (secondary N) is 4. The first-order chi connectivity index (χ1) is 19.6. The molecule has 3 aromatic carbocycles. The summed E-state index contributed by atoms with van der Waals surface area (Å²) >= 11 is 5.87. The lowest BCUT2D eigenvalue weighted by Crippen LogP contribution is -2.28. The van der Waals surface area contributed by atoms with Gasteiger partial charge in [0.1, 0.15) is 29.6 Å². The van der Waals surface area contributed by atoms with Crippen molar-refractivity contribution in [3.8, 4) is 5.75 Å². The van der Waals surface area contributed by atoms with Crippen LogP contribution in [0.2, 0.25) is 5.02 Å². The summed E-state index contributed by atoms with van der Waals surface area (Å²) in [5, 5.41) is 22.6. The molecule has 0 saturated heterocycles. The Morgan fingerprint density at radius 1 is 1.15 bits per heavy atom. The highest BCUT2D eigenvalue weighted by Crippen LogP contribution is 2.28. The highest BCUT2D eigenvalue weighted by Gasteiger charge is 2.21. The van der Waals surface area contributed by atoms with Gasteiger partial charge in [-0.25, -0.2) is 14.8 Å². The Bertz CT molecular complexity index is 1810. The number of rotatable bonds is 9. The molecule has 12 nitrogen and oxygen atoms in total. The van der Waals surface area contributed by atoms with Crippen LogP contribution in [0.25, 0.3) is 22.1 Å². The summed E-state index contributed by atoms with van der Waals surface area (Å²) in [6.07, 6.45) is 0. The maximum Gasteiger partial charge on any atom is 0.339 e. The largest absolute Gasteiger partial charge is 0.491 e. The molecular weight excluding hydrogens is 548 g/mol. The third-order valence-corrected chi connectivity index (χ3v) is 6.81. The fourth-order valence-corrected chi connectivity index (χ4v) is 4.72. The summed E-state index contributed by atoms with van der Waals surface area (Å²) in [6, 6.07) is 15.1. The van der Waals surface area contributed by atoms with Crippen LogP contribution in [0, 0.1) is 5.41 Å². The number of carboxylic acid groups (broad SMARTS) is 1. The van der Waals surface area contributed by atoms with Crippen molar-refractivity contribution in [2.75, 3.05) is 18.5 Å². The molecule has 13 heteroatoms. The van der Waals surface area contributed by atoms with Gasteiger partial charge in [0.15, 0.2) is 5.96 Å². The average Bonchev–Trinajstić information content (AvgIpc) is 3.51. The van der Waals surface area contributed by atoms with Crippen molar-refractivity contribution in [3.63, 3.8) is 0 Å². The smallest absolute Gasteiger partial charge is 0.339 e. The van der Waals surface area contributed by atoms with Crippen LogP contribution < -0.4 is 21.1 Å². The Morgan fingerprint density at radius 3 is 2.71 bits per heavy atom. The second kappa shape index (κ2) is 11.2. The maximum absolute atomic E-state index is 12.8. The number of carboxylic acids is 1. The summed E-state index contributed by atoms with van der Waals surface area (Å²) in [4.78, 5) is 37.1. The number of amides is 1. The monoisotopic (exact) mass is 574 g/mol. The van der Waals surface area contributed by atoms with E-state index >= 15 is 0 Å². The molecule has 0 saturated carbocycles. The molecule has 7 N–H and O–H groups in total. The highest BCUT2D eigenvalue weighted by molar-refractivity contribution is 6.31. The van der Waals surface area contributed by atoms with Crippen LogP contribution in [0.4, 0.5) is 5.69 Å². The van der Waals surface area contributed by atoms with Gasteiger partial charge in [-0.1, -0.05) is 11.6 Å². The molecule has 0 radical (unpaired) electrons. The molecule has 2 aromatic heterocycles. The zero-order valence-corrected chi connectivity index (χ0v) is 22.9. The molecule has 5 rings (SSSR count). The van der Waals surface area contributed by atoms with E-state index in [1.807, 2.05) is 36.7 Å². The van der Waals surface area contributed by atoms with E-state index in [1.54, 1.807) is 24.3 Å². The number of hydrogen-bond acceptors (Lipinski definition) is 6. The number of aromatic amines is 1. The standard InChI is InChI=1S/C28H27ClN8O4/c1-14(24-34-19-7-5-17(33-28(30)31)13-21(19)35-24)25-36-20-6-3-15(11-22(20)37(25)2)26(38)32-9-10-41-23-8-4-16(29)12-18(23)27(39)40/h3-8,11-14H,9-10H2,1-2H3,(H,32,38)(H,34,35)(H,39,40)(H4,30,31,33). The number of carbonyl (C=O) groups is 2. The molecule has 210 valence electrons. The van der Waals surface area contributed by atoms with E-state index in [4.69, 9.17) is 37.4 Å². The third kappa shape index (κ3) is 5.77. The van der Waals surface area contributed by atoms with Gasteiger partial charge in [0, 0.05) is 23.3 Å². The fraction of sp³-hybridized carbons (Fsp3) is 0.179. The summed E-state index contributed by atoms with van der Waals surface area (Å²) in [6.45, 7) is 2.24. The Balaban J connectivity index is 1.28. The normalized spacial score (nSPS) is 11.9. The van der Waals surface area contributed by atoms with Crippen molar-refractivity contribution in [2.45, 2.75) is 12.8 Å². The number of ether oxygens (including phenoxy) is 1. The quantitative estimate of drug-likeness (QED) is 0.0864. The molecule has 1 atom stereocenters. The Kier molecular flexibility index (Phi) is 7.49. The van der Waals surface area contributed by atoms with E-state index in [2.05, 4.69) is 15.6 Å². The lowest BCUT2D eigenvalue weighted by atomic mass is 10.1. The number of nitrogens with zero attached hydrogens (tertiary/aromatic N) is 3. The molecule has 1 amide bonds. The number of benzene rings is 3. The summed E-state index contributed by atoms with van der Waals surface area (Å²) in [7, 11) is 1.89. The molecule has 0 bridgehead atoms. The first-order valence-corrected chi connectivity index (χ1v) is 13.0. The number of nitrogens with two attached hydrogens (primary N) is 1. The van der Waals surface area contributed by atoms with Crippen LogP contribution in [-0.2, 0) is 7.05 Å². The van der Waals surface area contributed by atoms with Crippen LogP contribution in [0.1, 0.15) is 45.2 Å². The highest BCUT2D eigenvalue weighted by atomic mass is 35.5.